The second kappa shape index (κ2) is 6.42. The van der Waals surface area contributed by atoms with E-state index in [0.29, 0.717) is 29.6 Å². The van der Waals surface area contributed by atoms with Crippen molar-refractivity contribution < 1.29 is 4.79 Å². The first-order valence-corrected chi connectivity index (χ1v) is 10.7. The summed E-state index contributed by atoms with van der Waals surface area (Å²) in [5, 5.41) is 3.34. The number of piperidine rings is 3. The SMILES string of the molecule is O=C(c1cn2c(n1)CNCC2)N1C[C@H](c2ccccc2)[C@@H]2[C@H]1C1CCN2CC1. The van der Waals surface area contributed by atoms with Crippen molar-refractivity contribution in [1.82, 2.24) is 24.7 Å². The lowest BCUT2D eigenvalue weighted by Gasteiger charge is -2.51. The minimum Gasteiger partial charge on any atom is -0.332 e. The van der Waals surface area contributed by atoms with Gasteiger partial charge in [0, 0.05) is 37.8 Å². The highest BCUT2D eigenvalue weighted by Crippen LogP contribution is 2.46. The summed E-state index contributed by atoms with van der Waals surface area (Å²) >= 11 is 0. The number of imidazole rings is 1. The maximum atomic E-state index is 13.6. The van der Waals surface area contributed by atoms with Gasteiger partial charge < -0.3 is 14.8 Å². The summed E-state index contributed by atoms with van der Waals surface area (Å²) < 4.78 is 2.14. The molecule has 0 saturated carbocycles. The molecule has 146 valence electrons. The number of amides is 1. The van der Waals surface area contributed by atoms with Gasteiger partial charge in [-0.1, -0.05) is 30.3 Å². The molecule has 4 fully saturated rings. The molecular weight excluding hydrogens is 350 g/mol. The maximum Gasteiger partial charge on any atom is 0.274 e. The molecule has 6 nitrogen and oxygen atoms in total. The molecule has 0 radical (unpaired) electrons. The van der Waals surface area contributed by atoms with Gasteiger partial charge in [0.1, 0.15) is 11.5 Å². The summed E-state index contributed by atoms with van der Waals surface area (Å²) in [4.78, 5) is 23.1. The zero-order chi connectivity index (χ0) is 18.7. The van der Waals surface area contributed by atoms with Crippen molar-refractivity contribution in [3.05, 3.63) is 53.6 Å². The van der Waals surface area contributed by atoms with E-state index >= 15 is 0 Å². The number of fused-ring (bicyclic) bond motifs is 3. The topological polar surface area (TPSA) is 53.4 Å². The molecule has 5 aliphatic rings. The van der Waals surface area contributed by atoms with Gasteiger partial charge in [-0.25, -0.2) is 4.98 Å². The standard InChI is InChI=1S/C22H27N5O/c28-22(18-14-26-11-8-23-12-19(26)24-18)27-13-17(15-4-2-1-3-5-15)21-20(27)16-6-9-25(21)10-7-16/h1-5,14,16-17,20-21,23H,6-13H2/t17-,20-,21-/m1/s1. The lowest BCUT2D eigenvalue weighted by molar-refractivity contribution is -0.00357. The number of nitrogens with one attached hydrogen (secondary N) is 1. The summed E-state index contributed by atoms with van der Waals surface area (Å²) in [6, 6.07) is 11.6. The first-order valence-electron chi connectivity index (χ1n) is 10.7. The van der Waals surface area contributed by atoms with E-state index in [0.717, 1.165) is 32.0 Å². The van der Waals surface area contributed by atoms with Crippen LogP contribution in [-0.2, 0) is 13.1 Å². The molecule has 5 aliphatic heterocycles. The highest BCUT2D eigenvalue weighted by molar-refractivity contribution is 5.93. The van der Waals surface area contributed by atoms with Crippen LogP contribution in [0.1, 0.15) is 40.6 Å². The summed E-state index contributed by atoms with van der Waals surface area (Å²) in [7, 11) is 0. The van der Waals surface area contributed by atoms with Crippen LogP contribution in [0.25, 0.3) is 0 Å². The van der Waals surface area contributed by atoms with Crippen LogP contribution in [0.4, 0.5) is 0 Å². The van der Waals surface area contributed by atoms with Crippen LogP contribution >= 0.6 is 0 Å². The number of hydrogen-bond acceptors (Lipinski definition) is 4. The van der Waals surface area contributed by atoms with Crippen molar-refractivity contribution in [1.29, 1.82) is 0 Å². The third-order valence-electron chi connectivity index (χ3n) is 7.37. The van der Waals surface area contributed by atoms with E-state index in [-0.39, 0.29) is 5.91 Å². The number of rotatable bonds is 2. The smallest absolute Gasteiger partial charge is 0.274 e. The quantitative estimate of drug-likeness (QED) is 0.865. The van der Waals surface area contributed by atoms with Crippen molar-refractivity contribution in [2.75, 3.05) is 26.2 Å². The van der Waals surface area contributed by atoms with Gasteiger partial charge >= 0.3 is 0 Å². The molecule has 1 amide bonds. The fourth-order valence-electron chi connectivity index (χ4n) is 6.09. The Morgan fingerprint density at radius 1 is 1.07 bits per heavy atom. The summed E-state index contributed by atoms with van der Waals surface area (Å²) in [5.41, 5.74) is 2.00. The molecule has 1 aromatic heterocycles. The van der Waals surface area contributed by atoms with Crippen LogP contribution in [0, 0.1) is 5.92 Å². The van der Waals surface area contributed by atoms with Gasteiger partial charge in [0.15, 0.2) is 0 Å². The number of benzene rings is 1. The average molecular weight is 377 g/mol. The van der Waals surface area contributed by atoms with Crippen LogP contribution in [-0.4, -0.2) is 63.5 Å². The molecule has 1 aromatic carbocycles. The number of carbonyl (C=O) groups is 1. The molecule has 6 heterocycles. The van der Waals surface area contributed by atoms with Gasteiger partial charge in [-0.15, -0.1) is 0 Å². The second-order valence-electron chi connectivity index (χ2n) is 8.74. The highest BCUT2D eigenvalue weighted by atomic mass is 16.2. The van der Waals surface area contributed by atoms with Crippen LogP contribution in [0.15, 0.2) is 36.5 Å². The van der Waals surface area contributed by atoms with Crippen LogP contribution < -0.4 is 5.32 Å². The molecule has 1 N–H and O–H groups in total. The molecule has 6 heteroatoms. The Kier molecular flexibility index (Phi) is 3.84. The first-order chi connectivity index (χ1) is 13.8. The van der Waals surface area contributed by atoms with Crippen molar-refractivity contribution >= 4 is 5.91 Å². The fourth-order valence-corrected chi connectivity index (χ4v) is 6.09. The van der Waals surface area contributed by atoms with E-state index in [4.69, 9.17) is 0 Å². The molecule has 0 aliphatic carbocycles. The predicted octanol–water partition coefficient (Wildman–Crippen LogP) is 1.69. The Balaban J connectivity index is 1.36. The normalized spacial score (nSPS) is 33.6. The number of nitrogens with zero attached hydrogens (tertiary/aromatic N) is 4. The molecule has 7 rings (SSSR count). The van der Waals surface area contributed by atoms with Crippen molar-refractivity contribution in [2.45, 2.75) is 43.9 Å². The van der Waals surface area contributed by atoms with Crippen molar-refractivity contribution in [2.24, 2.45) is 5.92 Å². The zero-order valence-corrected chi connectivity index (χ0v) is 16.1. The van der Waals surface area contributed by atoms with Gasteiger partial charge in [-0.05, 0) is 37.4 Å². The van der Waals surface area contributed by atoms with Gasteiger partial charge in [0.2, 0.25) is 0 Å². The number of aromatic nitrogens is 2. The predicted molar refractivity (Wildman–Crippen MR) is 106 cm³/mol. The maximum absolute atomic E-state index is 13.6. The lowest BCUT2D eigenvalue weighted by Crippen LogP contribution is -2.60. The van der Waals surface area contributed by atoms with Gasteiger partial charge in [-0.2, -0.15) is 0 Å². The molecule has 3 atom stereocenters. The number of likely N-dealkylation sites (tertiary alicyclic amines) is 1. The highest BCUT2D eigenvalue weighted by Gasteiger charge is 2.54. The van der Waals surface area contributed by atoms with E-state index in [1.54, 1.807) is 0 Å². The average Bonchev–Trinajstić information content (AvgIpc) is 3.38. The van der Waals surface area contributed by atoms with Gasteiger partial charge in [0.05, 0.1) is 12.6 Å². The van der Waals surface area contributed by atoms with Crippen LogP contribution in [0.2, 0.25) is 0 Å². The van der Waals surface area contributed by atoms with Crippen LogP contribution in [0.3, 0.4) is 0 Å². The largest absolute Gasteiger partial charge is 0.332 e. The van der Waals surface area contributed by atoms with Crippen molar-refractivity contribution in [3.63, 3.8) is 0 Å². The van der Waals surface area contributed by atoms with E-state index in [9.17, 15) is 4.79 Å². The van der Waals surface area contributed by atoms with E-state index < -0.39 is 0 Å². The minimum absolute atomic E-state index is 0.129. The second-order valence-corrected chi connectivity index (χ2v) is 8.74. The first kappa shape index (κ1) is 16.7. The summed E-state index contributed by atoms with van der Waals surface area (Å²) in [5.74, 6) is 2.15. The zero-order valence-electron chi connectivity index (χ0n) is 16.1. The summed E-state index contributed by atoms with van der Waals surface area (Å²) in [6.45, 7) is 5.76. The fraction of sp³-hybridized carbons (Fsp3) is 0.545. The van der Waals surface area contributed by atoms with E-state index in [2.05, 4.69) is 55.0 Å². The van der Waals surface area contributed by atoms with E-state index in [1.165, 1.54) is 31.5 Å². The Morgan fingerprint density at radius 3 is 2.68 bits per heavy atom. The Hall–Kier alpha value is -2.18. The minimum atomic E-state index is 0.129. The number of hydrogen-bond donors (Lipinski definition) is 1. The number of carbonyl (C=O) groups excluding carboxylic acids is 1. The van der Waals surface area contributed by atoms with Gasteiger partial charge in [0.25, 0.3) is 5.91 Å². The molecule has 2 bridgehead atoms. The Bertz CT molecular complexity index is 862. The van der Waals surface area contributed by atoms with E-state index in [1.807, 2.05) is 6.20 Å². The summed E-state index contributed by atoms with van der Waals surface area (Å²) in [6.07, 6.45) is 4.41. The molecule has 28 heavy (non-hydrogen) atoms. The molecule has 4 saturated heterocycles. The lowest BCUT2D eigenvalue weighted by atomic mass is 9.75. The monoisotopic (exact) mass is 377 g/mol. The molecule has 2 aromatic rings. The third kappa shape index (κ3) is 2.47. The van der Waals surface area contributed by atoms with Crippen LogP contribution in [0.5, 0.6) is 0 Å². The molecular formula is C22H27N5O. The third-order valence-corrected chi connectivity index (χ3v) is 7.37. The Labute approximate surface area is 165 Å². The van der Waals surface area contributed by atoms with Crippen molar-refractivity contribution in [3.8, 4) is 0 Å². The molecule has 0 spiro atoms. The van der Waals surface area contributed by atoms with Gasteiger partial charge in [-0.3, -0.25) is 9.69 Å². The molecule has 0 unspecified atom stereocenters. The Morgan fingerprint density at radius 2 is 1.89 bits per heavy atom.